The van der Waals surface area contributed by atoms with E-state index in [1.165, 1.54) is 18.5 Å². The van der Waals surface area contributed by atoms with Gasteiger partial charge in [0.2, 0.25) is 0 Å². The van der Waals surface area contributed by atoms with Crippen LogP contribution < -0.4 is 10.5 Å². The minimum absolute atomic E-state index is 0.164. The average molecular weight is 277 g/mol. The third-order valence-corrected chi connectivity index (χ3v) is 4.11. The summed E-state index contributed by atoms with van der Waals surface area (Å²) in [6.07, 6.45) is 2.90. The number of anilines is 2. The molecular weight excluding hydrogens is 266 g/mol. The van der Waals surface area contributed by atoms with Crippen molar-refractivity contribution in [1.82, 2.24) is 15.2 Å². The van der Waals surface area contributed by atoms with Crippen molar-refractivity contribution in [3.63, 3.8) is 0 Å². The molecule has 0 radical (unpaired) electrons. The first kappa shape index (κ1) is 11.6. The molecule has 0 saturated carbocycles. The monoisotopic (exact) mass is 277 g/mol. The molecule has 0 aliphatic rings. The summed E-state index contributed by atoms with van der Waals surface area (Å²) >= 11 is 0. The van der Waals surface area contributed by atoms with Crippen molar-refractivity contribution in [2.45, 2.75) is 4.90 Å². The molecule has 7 nitrogen and oxygen atoms in total. The number of nitrogens with two attached hydrogens (primary N) is 1. The molecule has 2 aromatic heterocycles. The number of nitrogen functional groups attached to an aromatic ring is 1. The van der Waals surface area contributed by atoms with Crippen LogP contribution in [0.5, 0.6) is 0 Å². The fourth-order valence-corrected chi connectivity index (χ4v) is 3.05. The van der Waals surface area contributed by atoms with E-state index in [9.17, 15) is 8.42 Å². The SMILES string of the molecule is Nc1ccc2c(S(=O)(=O)Nc3ccn[nH]3)c[nH]c2c1. The van der Waals surface area contributed by atoms with Crippen LogP contribution in [-0.2, 0) is 10.0 Å². The first-order valence-electron chi connectivity index (χ1n) is 5.45. The highest BCUT2D eigenvalue weighted by Gasteiger charge is 2.19. The highest BCUT2D eigenvalue weighted by atomic mass is 32.2. The number of nitrogens with zero attached hydrogens (tertiary/aromatic N) is 1. The van der Waals surface area contributed by atoms with E-state index in [1.807, 2.05) is 0 Å². The number of benzene rings is 1. The molecule has 3 aromatic rings. The summed E-state index contributed by atoms with van der Waals surface area (Å²) in [5.41, 5.74) is 6.89. The normalized spacial score (nSPS) is 11.8. The summed E-state index contributed by atoms with van der Waals surface area (Å²) in [6, 6.07) is 6.54. The molecule has 1 aromatic carbocycles. The number of sulfonamides is 1. The highest BCUT2D eigenvalue weighted by Crippen LogP contribution is 2.25. The zero-order valence-electron chi connectivity index (χ0n) is 9.71. The molecule has 19 heavy (non-hydrogen) atoms. The first-order valence-corrected chi connectivity index (χ1v) is 6.93. The number of hydrogen-bond donors (Lipinski definition) is 4. The number of hydrogen-bond acceptors (Lipinski definition) is 4. The Balaban J connectivity index is 2.08. The zero-order valence-corrected chi connectivity index (χ0v) is 10.5. The molecule has 0 amide bonds. The molecule has 8 heteroatoms. The third-order valence-electron chi connectivity index (χ3n) is 2.70. The van der Waals surface area contributed by atoms with E-state index in [-0.39, 0.29) is 4.90 Å². The van der Waals surface area contributed by atoms with Gasteiger partial charge in [-0.05, 0) is 18.2 Å². The average Bonchev–Trinajstić information content (AvgIpc) is 2.96. The van der Waals surface area contributed by atoms with Crippen molar-refractivity contribution in [2.75, 3.05) is 10.5 Å². The van der Waals surface area contributed by atoms with Gasteiger partial charge in [0.1, 0.15) is 10.7 Å². The number of aromatic amines is 2. The molecule has 0 aliphatic heterocycles. The van der Waals surface area contributed by atoms with Gasteiger partial charge in [-0.1, -0.05) is 0 Å². The second kappa shape index (κ2) is 4.02. The molecule has 0 bridgehead atoms. The molecule has 0 aliphatic carbocycles. The molecule has 98 valence electrons. The van der Waals surface area contributed by atoms with Crippen molar-refractivity contribution in [1.29, 1.82) is 0 Å². The van der Waals surface area contributed by atoms with Gasteiger partial charge in [0, 0.05) is 28.9 Å². The molecule has 5 N–H and O–H groups in total. The fraction of sp³-hybridized carbons (Fsp3) is 0. The van der Waals surface area contributed by atoms with E-state index in [1.54, 1.807) is 18.2 Å². The molecule has 0 unspecified atom stereocenters. The quantitative estimate of drug-likeness (QED) is 0.539. The van der Waals surface area contributed by atoms with Gasteiger partial charge in [0.15, 0.2) is 0 Å². The van der Waals surface area contributed by atoms with Crippen LogP contribution in [0.2, 0.25) is 0 Å². The summed E-state index contributed by atoms with van der Waals surface area (Å²) in [6.45, 7) is 0. The van der Waals surface area contributed by atoms with Gasteiger partial charge in [-0.2, -0.15) is 5.10 Å². The Morgan fingerprint density at radius 1 is 1.26 bits per heavy atom. The topological polar surface area (TPSA) is 117 Å². The molecule has 0 fully saturated rings. The van der Waals surface area contributed by atoms with Gasteiger partial charge < -0.3 is 10.7 Å². The third kappa shape index (κ3) is 2.02. The summed E-state index contributed by atoms with van der Waals surface area (Å²) < 4.78 is 26.9. The maximum atomic E-state index is 12.2. The van der Waals surface area contributed by atoms with Crippen LogP contribution in [0.1, 0.15) is 0 Å². The molecule has 3 rings (SSSR count). The summed E-state index contributed by atoms with van der Waals surface area (Å²) in [7, 11) is -3.67. The minimum Gasteiger partial charge on any atom is -0.399 e. The van der Waals surface area contributed by atoms with Gasteiger partial charge in [-0.15, -0.1) is 0 Å². The lowest BCUT2D eigenvalue weighted by Gasteiger charge is -2.04. The number of fused-ring (bicyclic) bond motifs is 1. The van der Waals surface area contributed by atoms with Gasteiger partial charge in [0.25, 0.3) is 10.0 Å². The van der Waals surface area contributed by atoms with E-state index < -0.39 is 10.0 Å². The molecule has 2 heterocycles. The molecule has 0 spiro atoms. The Kier molecular flexibility index (Phi) is 2.46. The van der Waals surface area contributed by atoms with Crippen LogP contribution in [0.25, 0.3) is 10.9 Å². The second-order valence-electron chi connectivity index (χ2n) is 4.03. The predicted molar refractivity (Wildman–Crippen MR) is 72.1 cm³/mol. The summed E-state index contributed by atoms with van der Waals surface area (Å²) in [4.78, 5) is 3.05. The number of H-pyrrole nitrogens is 2. The number of nitrogens with one attached hydrogen (secondary N) is 3. The van der Waals surface area contributed by atoms with Gasteiger partial charge in [-0.3, -0.25) is 9.82 Å². The van der Waals surface area contributed by atoms with E-state index in [0.29, 0.717) is 22.4 Å². The first-order chi connectivity index (χ1) is 9.06. The Labute approximate surface area is 108 Å². The zero-order chi connectivity index (χ0) is 13.5. The second-order valence-corrected chi connectivity index (χ2v) is 5.68. The summed E-state index contributed by atoms with van der Waals surface area (Å²) in [5, 5.41) is 6.81. The number of rotatable bonds is 3. The lowest BCUT2D eigenvalue weighted by atomic mass is 10.2. The largest absolute Gasteiger partial charge is 0.399 e. The number of aromatic nitrogens is 3. The van der Waals surface area contributed by atoms with E-state index >= 15 is 0 Å². The van der Waals surface area contributed by atoms with Crippen molar-refractivity contribution >= 4 is 32.4 Å². The predicted octanol–water partition coefficient (Wildman–Crippen LogP) is 1.27. The Morgan fingerprint density at radius 3 is 2.84 bits per heavy atom. The highest BCUT2D eigenvalue weighted by molar-refractivity contribution is 7.93. The lowest BCUT2D eigenvalue weighted by molar-refractivity contribution is 0.602. The van der Waals surface area contributed by atoms with Crippen LogP contribution in [0.15, 0.2) is 41.6 Å². The van der Waals surface area contributed by atoms with Crippen LogP contribution in [0.3, 0.4) is 0 Å². The minimum atomic E-state index is -3.67. The van der Waals surface area contributed by atoms with Crippen LogP contribution in [0, 0.1) is 0 Å². The van der Waals surface area contributed by atoms with Gasteiger partial charge >= 0.3 is 0 Å². The van der Waals surface area contributed by atoms with E-state index in [2.05, 4.69) is 19.9 Å². The standard InChI is InChI=1S/C11H11N5O2S/c12-7-1-2-8-9(5-7)13-6-10(8)19(17,18)16-11-3-4-14-15-11/h1-6,13H,12H2,(H2,14,15,16). The Bertz CT molecular complexity index is 820. The Morgan fingerprint density at radius 2 is 2.11 bits per heavy atom. The van der Waals surface area contributed by atoms with Crippen LogP contribution in [0.4, 0.5) is 11.5 Å². The maximum absolute atomic E-state index is 12.2. The van der Waals surface area contributed by atoms with Crippen molar-refractivity contribution in [3.8, 4) is 0 Å². The van der Waals surface area contributed by atoms with Crippen LogP contribution >= 0.6 is 0 Å². The fourth-order valence-electron chi connectivity index (χ4n) is 1.85. The summed E-state index contributed by atoms with van der Waals surface area (Å²) in [5.74, 6) is 0.310. The Hall–Kier alpha value is -2.48. The van der Waals surface area contributed by atoms with E-state index in [0.717, 1.165) is 0 Å². The lowest BCUT2D eigenvalue weighted by Crippen LogP contribution is -2.12. The molecule has 0 atom stereocenters. The van der Waals surface area contributed by atoms with Crippen molar-refractivity contribution < 1.29 is 8.42 Å². The van der Waals surface area contributed by atoms with Crippen molar-refractivity contribution in [3.05, 3.63) is 36.7 Å². The smallest absolute Gasteiger partial charge is 0.265 e. The van der Waals surface area contributed by atoms with Gasteiger partial charge in [0.05, 0.1) is 6.20 Å². The molecule has 0 saturated heterocycles. The van der Waals surface area contributed by atoms with Gasteiger partial charge in [-0.25, -0.2) is 8.42 Å². The van der Waals surface area contributed by atoms with Crippen LogP contribution in [-0.4, -0.2) is 23.6 Å². The van der Waals surface area contributed by atoms with Crippen molar-refractivity contribution in [2.24, 2.45) is 0 Å². The molecular formula is C11H11N5O2S. The maximum Gasteiger partial charge on any atom is 0.265 e. The van der Waals surface area contributed by atoms with E-state index in [4.69, 9.17) is 5.73 Å².